The molecule has 204 valence electrons. The molecule has 1 aromatic heterocycles. The average Bonchev–Trinajstić information content (AvgIpc) is 3.48. The Morgan fingerprint density at radius 1 is 0.805 bits per heavy atom. The first kappa shape index (κ1) is 26.5. The number of nitrogens with zero attached hydrogens (tertiary/aromatic N) is 1. The monoisotopic (exact) mass is 538 g/mol. The smallest absolute Gasteiger partial charge is 0.224 e. The molecule has 1 aliphatic rings. The van der Waals surface area contributed by atoms with Crippen LogP contribution >= 0.6 is 0 Å². The van der Waals surface area contributed by atoms with E-state index in [1.807, 2.05) is 72.8 Å². The molecule has 1 aliphatic carbocycles. The zero-order chi connectivity index (χ0) is 27.9. The van der Waals surface area contributed by atoms with E-state index in [4.69, 9.17) is 9.40 Å². The van der Waals surface area contributed by atoms with Crippen LogP contribution in [-0.2, 0) is 17.6 Å². The Labute approximate surface area is 241 Å². The van der Waals surface area contributed by atoms with Crippen LogP contribution < -0.4 is 5.32 Å². The Hall–Kier alpha value is -4.70. The van der Waals surface area contributed by atoms with Crippen molar-refractivity contribution in [3.05, 3.63) is 138 Å². The number of allylic oxidation sites excluding steroid dienone is 2. The summed E-state index contributed by atoms with van der Waals surface area (Å²) in [5.41, 5.74) is 7.27. The number of amides is 1. The number of anilines is 1. The van der Waals surface area contributed by atoms with Crippen LogP contribution in [-0.4, -0.2) is 10.9 Å². The third-order valence-corrected chi connectivity index (χ3v) is 7.76. The van der Waals surface area contributed by atoms with E-state index in [1.165, 1.54) is 5.56 Å². The lowest BCUT2D eigenvalue weighted by Crippen LogP contribution is -2.16. The van der Waals surface area contributed by atoms with E-state index >= 15 is 0 Å². The summed E-state index contributed by atoms with van der Waals surface area (Å²) >= 11 is 0. The number of aromatic nitrogens is 1. The molecule has 1 N–H and O–H groups in total. The first-order chi connectivity index (χ1) is 20.2. The normalized spacial score (nSPS) is 14.8. The summed E-state index contributed by atoms with van der Waals surface area (Å²) in [6.07, 6.45) is 7.46. The van der Waals surface area contributed by atoms with Crippen LogP contribution in [0.2, 0.25) is 0 Å². The van der Waals surface area contributed by atoms with Gasteiger partial charge in [-0.3, -0.25) is 4.79 Å². The van der Waals surface area contributed by atoms with Crippen LogP contribution in [0.4, 0.5) is 5.69 Å². The predicted molar refractivity (Wildman–Crippen MR) is 166 cm³/mol. The second-order valence-electron chi connectivity index (χ2n) is 10.6. The van der Waals surface area contributed by atoms with Crippen LogP contribution in [0.5, 0.6) is 0 Å². The van der Waals surface area contributed by atoms with Crippen molar-refractivity contribution < 1.29 is 9.21 Å². The number of hydrogen-bond donors (Lipinski definition) is 1. The van der Waals surface area contributed by atoms with Gasteiger partial charge in [-0.2, -0.15) is 0 Å². The molecular weight excluding hydrogens is 504 g/mol. The highest BCUT2D eigenvalue weighted by Crippen LogP contribution is 2.40. The van der Waals surface area contributed by atoms with Gasteiger partial charge in [-0.1, -0.05) is 115 Å². The summed E-state index contributed by atoms with van der Waals surface area (Å²) in [4.78, 5) is 18.0. The molecule has 0 aliphatic heterocycles. The molecule has 1 unspecified atom stereocenters. The number of oxazole rings is 1. The first-order valence-electron chi connectivity index (χ1n) is 14.5. The average molecular weight is 539 g/mol. The Morgan fingerprint density at radius 2 is 1.46 bits per heavy atom. The van der Waals surface area contributed by atoms with Gasteiger partial charge in [0.2, 0.25) is 11.8 Å². The third-order valence-electron chi connectivity index (χ3n) is 7.76. The van der Waals surface area contributed by atoms with Crippen LogP contribution in [0.1, 0.15) is 42.7 Å². The van der Waals surface area contributed by atoms with Crippen LogP contribution in [0.25, 0.3) is 28.2 Å². The van der Waals surface area contributed by atoms with Gasteiger partial charge < -0.3 is 9.73 Å². The summed E-state index contributed by atoms with van der Waals surface area (Å²) in [5, 5.41) is 3.18. The molecule has 0 saturated carbocycles. The molecule has 0 spiro atoms. The van der Waals surface area contributed by atoms with Crippen molar-refractivity contribution in [3.63, 3.8) is 0 Å². The van der Waals surface area contributed by atoms with E-state index in [0.717, 1.165) is 71.5 Å². The van der Waals surface area contributed by atoms with Crippen molar-refractivity contribution in [1.82, 2.24) is 4.98 Å². The van der Waals surface area contributed by atoms with E-state index in [-0.39, 0.29) is 11.8 Å². The lowest BCUT2D eigenvalue weighted by molar-refractivity contribution is -0.116. The minimum Gasteiger partial charge on any atom is -0.436 e. The predicted octanol–water partition coefficient (Wildman–Crippen LogP) is 9.01. The Bertz CT molecular complexity index is 1560. The van der Waals surface area contributed by atoms with E-state index in [0.29, 0.717) is 12.3 Å². The van der Waals surface area contributed by atoms with Gasteiger partial charge in [0.15, 0.2) is 5.76 Å². The number of para-hydroxylation sites is 1. The zero-order valence-corrected chi connectivity index (χ0v) is 23.1. The van der Waals surface area contributed by atoms with Crippen molar-refractivity contribution in [2.45, 2.75) is 38.5 Å². The molecule has 1 heterocycles. The summed E-state index contributed by atoms with van der Waals surface area (Å²) in [6.45, 7) is 0. The quantitative estimate of drug-likeness (QED) is 0.204. The molecule has 4 nitrogen and oxygen atoms in total. The molecule has 41 heavy (non-hydrogen) atoms. The van der Waals surface area contributed by atoms with E-state index in [2.05, 4.69) is 53.9 Å². The van der Waals surface area contributed by atoms with Crippen molar-refractivity contribution in [2.24, 2.45) is 5.92 Å². The first-order valence-corrected chi connectivity index (χ1v) is 14.5. The molecule has 1 atom stereocenters. The standard InChI is InChI=1S/C37H34N2O2/c40-34(25-24-27-14-4-1-5-15-27)38-33-23-13-11-21-31(33)26-30-20-10-12-22-32(30)37-39-35(28-16-6-2-7-17-28)36(41-37)29-18-8-3-9-19-29/h1-9,11,13-19,21-23,30H,10,12,20,24-26H2,(H,38,40). The molecule has 4 aromatic carbocycles. The van der Waals surface area contributed by atoms with Gasteiger partial charge in [0.1, 0.15) is 5.69 Å². The lowest BCUT2D eigenvalue weighted by Gasteiger charge is -2.23. The summed E-state index contributed by atoms with van der Waals surface area (Å²) in [5.74, 6) is 1.77. The largest absolute Gasteiger partial charge is 0.436 e. The van der Waals surface area contributed by atoms with Crippen LogP contribution in [0, 0.1) is 5.92 Å². The highest BCUT2D eigenvalue weighted by molar-refractivity contribution is 5.91. The Morgan fingerprint density at radius 3 is 2.22 bits per heavy atom. The molecule has 0 bridgehead atoms. The fraction of sp³-hybridized carbons (Fsp3) is 0.189. The SMILES string of the molecule is O=C(CCc1ccccc1)Nc1ccccc1CC1CCCC=C1c1nc(-c2ccccc2)c(-c2ccccc2)o1. The van der Waals surface area contributed by atoms with E-state index in [1.54, 1.807) is 0 Å². The van der Waals surface area contributed by atoms with Crippen molar-refractivity contribution in [1.29, 1.82) is 0 Å². The number of nitrogens with one attached hydrogen (secondary N) is 1. The van der Waals surface area contributed by atoms with Gasteiger partial charge in [-0.25, -0.2) is 4.98 Å². The molecule has 4 heteroatoms. The summed E-state index contributed by atoms with van der Waals surface area (Å²) in [7, 11) is 0. The van der Waals surface area contributed by atoms with Gasteiger partial charge in [0, 0.05) is 28.8 Å². The Kier molecular flexibility index (Phi) is 8.18. The fourth-order valence-electron chi connectivity index (χ4n) is 5.64. The Balaban J connectivity index is 1.25. The number of carbonyl (C=O) groups excluding carboxylic acids is 1. The second kappa shape index (κ2) is 12.6. The number of benzene rings is 4. The molecular formula is C37H34N2O2. The van der Waals surface area contributed by atoms with Crippen LogP contribution in [0.3, 0.4) is 0 Å². The zero-order valence-electron chi connectivity index (χ0n) is 23.1. The number of rotatable bonds is 9. The minimum atomic E-state index is 0.0356. The van der Waals surface area contributed by atoms with Gasteiger partial charge in [-0.05, 0) is 55.2 Å². The number of carbonyl (C=O) groups is 1. The molecule has 6 rings (SSSR count). The van der Waals surface area contributed by atoms with Crippen LogP contribution in [0.15, 0.2) is 126 Å². The summed E-state index contributed by atoms with van der Waals surface area (Å²) in [6, 6.07) is 38.8. The number of hydrogen-bond acceptors (Lipinski definition) is 3. The highest BCUT2D eigenvalue weighted by Gasteiger charge is 2.27. The second-order valence-corrected chi connectivity index (χ2v) is 10.6. The molecule has 0 radical (unpaired) electrons. The lowest BCUT2D eigenvalue weighted by atomic mass is 9.82. The maximum absolute atomic E-state index is 12.9. The fourth-order valence-corrected chi connectivity index (χ4v) is 5.64. The van der Waals surface area contributed by atoms with Gasteiger partial charge in [-0.15, -0.1) is 0 Å². The van der Waals surface area contributed by atoms with Crippen molar-refractivity contribution in [2.75, 3.05) is 5.32 Å². The molecule has 5 aromatic rings. The minimum absolute atomic E-state index is 0.0356. The van der Waals surface area contributed by atoms with Gasteiger partial charge in [0.25, 0.3) is 0 Å². The van der Waals surface area contributed by atoms with Crippen molar-refractivity contribution >= 4 is 17.2 Å². The molecule has 1 amide bonds. The highest BCUT2D eigenvalue weighted by atomic mass is 16.4. The van der Waals surface area contributed by atoms with Gasteiger partial charge >= 0.3 is 0 Å². The van der Waals surface area contributed by atoms with E-state index < -0.39 is 0 Å². The maximum atomic E-state index is 12.9. The van der Waals surface area contributed by atoms with E-state index in [9.17, 15) is 4.79 Å². The van der Waals surface area contributed by atoms with Crippen molar-refractivity contribution in [3.8, 4) is 22.6 Å². The molecule has 0 fully saturated rings. The third kappa shape index (κ3) is 6.38. The number of aryl methyl sites for hydroxylation is 1. The topological polar surface area (TPSA) is 55.1 Å². The summed E-state index contributed by atoms with van der Waals surface area (Å²) < 4.78 is 6.58. The molecule has 0 saturated heterocycles. The maximum Gasteiger partial charge on any atom is 0.224 e. The van der Waals surface area contributed by atoms with Gasteiger partial charge in [0.05, 0.1) is 0 Å².